The molecule has 0 saturated heterocycles. The third-order valence-electron chi connectivity index (χ3n) is 4.81. The molecule has 0 fully saturated rings. The van der Waals surface area contributed by atoms with Crippen LogP contribution in [0.2, 0.25) is 0 Å². The van der Waals surface area contributed by atoms with Crippen LogP contribution < -0.4 is 21.7 Å². The number of hydrogen-bond acceptors (Lipinski definition) is 4. The Balaban J connectivity index is 1.96. The Bertz CT molecular complexity index is 752. The molecule has 27 heavy (non-hydrogen) atoms. The SMILES string of the molecule is CCC(CC)(CN)C(=O)Nc1cccc(NC(=O)NCc2ccncc2)c1. The van der Waals surface area contributed by atoms with Gasteiger partial charge in [0.15, 0.2) is 0 Å². The molecule has 0 bridgehead atoms. The zero-order chi connectivity index (χ0) is 19.7. The minimum atomic E-state index is -0.578. The highest BCUT2D eigenvalue weighted by molar-refractivity contribution is 5.96. The Morgan fingerprint density at radius 3 is 2.26 bits per heavy atom. The van der Waals surface area contributed by atoms with Gasteiger partial charge in [-0.2, -0.15) is 0 Å². The summed E-state index contributed by atoms with van der Waals surface area (Å²) in [5.74, 6) is -0.103. The van der Waals surface area contributed by atoms with Gasteiger partial charge in [0, 0.05) is 36.9 Å². The topological polar surface area (TPSA) is 109 Å². The van der Waals surface area contributed by atoms with Crippen molar-refractivity contribution in [2.75, 3.05) is 17.2 Å². The number of urea groups is 1. The molecule has 0 unspecified atom stereocenters. The summed E-state index contributed by atoms with van der Waals surface area (Å²) in [5.41, 5.74) is 7.42. The Kier molecular flexibility index (Phi) is 7.31. The normalized spacial score (nSPS) is 10.9. The van der Waals surface area contributed by atoms with Crippen molar-refractivity contribution in [3.8, 4) is 0 Å². The summed E-state index contributed by atoms with van der Waals surface area (Å²) in [5, 5.41) is 8.45. The Labute approximate surface area is 159 Å². The lowest BCUT2D eigenvalue weighted by atomic mass is 9.81. The average Bonchev–Trinajstić information content (AvgIpc) is 2.69. The zero-order valence-corrected chi connectivity index (χ0v) is 15.8. The maximum absolute atomic E-state index is 12.6. The largest absolute Gasteiger partial charge is 0.334 e. The number of rotatable bonds is 8. The first-order valence-corrected chi connectivity index (χ1v) is 9.08. The molecule has 0 aliphatic carbocycles. The number of carbonyl (C=O) groups excluding carboxylic acids is 2. The van der Waals surface area contributed by atoms with Gasteiger partial charge in [-0.3, -0.25) is 9.78 Å². The maximum atomic E-state index is 12.6. The van der Waals surface area contributed by atoms with Crippen molar-refractivity contribution in [3.63, 3.8) is 0 Å². The predicted octanol–water partition coefficient (Wildman–Crippen LogP) is 3.11. The number of nitrogens with two attached hydrogens (primary N) is 1. The summed E-state index contributed by atoms with van der Waals surface area (Å²) in [6.07, 6.45) is 4.69. The molecule has 7 nitrogen and oxygen atoms in total. The van der Waals surface area contributed by atoms with E-state index in [1.807, 2.05) is 26.0 Å². The van der Waals surface area contributed by atoms with Gasteiger partial charge in [0.1, 0.15) is 0 Å². The van der Waals surface area contributed by atoms with Crippen LogP contribution in [-0.2, 0) is 11.3 Å². The smallest absolute Gasteiger partial charge is 0.319 e. The first-order valence-electron chi connectivity index (χ1n) is 9.08. The van der Waals surface area contributed by atoms with E-state index < -0.39 is 5.41 Å². The molecule has 3 amide bonds. The van der Waals surface area contributed by atoms with Crippen LogP contribution in [0.5, 0.6) is 0 Å². The third kappa shape index (κ3) is 5.52. The minimum absolute atomic E-state index is 0.103. The summed E-state index contributed by atoms with van der Waals surface area (Å²) >= 11 is 0. The number of nitrogens with zero attached hydrogens (tertiary/aromatic N) is 1. The van der Waals surface area contributed by atoms with E-state index in [0.717, 1.165) is 5.56 Å². The van der Waals surface area contributed by atoms with Gasteiger partial charge in [-0.1, -0.05) is 19.9 Å². The number of benzene rings is 1. The van der Waals surface area contributed by atoms with Gasteiger partial charge in [-0.05, 0) is 48.7 Å². The molecule has 144 valence electrons. The van der Waals surface area contributed by atoms with E-state index in [4.69, 9.17) is 5.73 Å². The number of pyridine rings is 1. The summed E-state index contributed by atoms with van der Waals surface area (Å²) in [6.45, 7) is 4.61. The van der Waals surface area contributed by atoms with Crippen molar-refractivity contribution in [1.82, 2.24) is 10.3 Å². The number of aromatic nitrogens is 1. The molecular weight excluding hydrogens is 342 g/mol. The lowest BCUT2D eigenvalue weighted by molar-refractivity contribution is -0.125. The van der Waals surface area contributed by atoms with Crippen molar-refractivity contribution in [2.24, 2.45) is 11.1 Å². The number of nitrogens with one attached hydrogen (secondary N) is 3. The van der Waals surface area contributed by atoms with Crippen LogP contribution in [-0.4, -0.2) is 23.5 Å². The van der Waals surface area contributed by atoms with Gasteiger partial charge in [-0.15, -0.1) is 0 Å². The summed E-state index contributed by atoms with van der Waals surface area (Å²) in [4.78, 5) is 28.6. The lowest BCUT2D eigenvalue weighted by Crippen LogP contribution is -2.41. The van der Waals surface area contributed by atoms with E-state index in [1.54, 1.807) is 36.7 Å². The van der Waals surface area contributed by atoms with E-state index in [-0.39, 0.29) is 11.9 Å². The van der Waals surface area contributed by atoms with Crippen molar-refractivity contribution in [3.05, 3.63) is 54.4 Å². The molecule has 0 aliphatic rings. The van der Waals surface area contributed by atoms with E-state index in [0.29, 0.717) is 37.3 Å². The van der Waals surface area contributed by atoms with Gasteiger partial charge >= 0.3 is 6.03 Å². The molecule has 1 aromatic heterocycles. The van der Waals surface area contributed by atoms with Gasteiger partial charge < -0.3 is 21.7 Å². The molecule has 1 aromatic carbocycles. The fourth-order valence-electron chi connectivity index (χ4n) is 2.75. The van der Waals surface area contributed by atoms with Gasteiger partial charge in [-0.25, -0.2) is 4.79 Å². The highest BCUT2D eigenvalue weighted by atomic mass is 16.2. The molecule has 0 radical (unpaired) electrons. The fraction of sp³-hybridized carbons (Fsp3) is 0.350. The molecule has 0 spiro atoms. The fourth-order valence-corrected chi connectivity index (χ4v) is 2.75. The second kappa shape index (κ2) is 9.68. The first kappa shape index (κ1) is 20.4. The molecule has 2 aromatic rings. The van der Waals surface area contributed by atoms with Crippen LogP contribution in [0, 0.1) is 5.41 Å². The van der Waals surface area contributed by atoms with E-state index in [9.17, 15) is 9.59 Å². The van der Waals surface area contributed by atoms with E-state index in [2.05, 4.69) is 20.9 Å². The molecular formula is C20H27N5O2. The molecule has 1 heterocycles. The minimum Gasteiger partial charge on any atom is -0.334 e. The highest BCUT2D eigenvalue weighted by Gasteiger charge is 2.33. The number of anilines is 2. The Morgan fingerprint density at radius 1 is 1.04 bits per heavy atom. The number of carbonyl (C=O) groups is 2. The van der Waals surface area contributed by atoms with Crippen LogP contribution in [0.4, 0.5) is 16.2 Å². The van der Waals surface area contributed by atoms with E-state index >= 15 is 0 Å². The number of amides is 3. The van der Waals surface area contributed by atoms with Crippen molar-refractivity contribution < 1.29 is 9.59 Å². The molecule has 5 N–H and O–H groups in total. The number of hydrogen-bond donors (Lipinski definition) is 4. The molecule has 0 saturated carbocycles. The van der Waals surface area contributed by atoms with Crippen LogP contribution in [0.15, 0.2) is 48.8 Å². The molecule has 0 aliphatic heterocycles. The third-order valence-corrected chi connectivity index (χ3v) is 4.81. The predicted molar refractivity (Wildman–Crippen MR) is 107 cm³/mol. The highest BCUT2D eigenvalue weighted by Crippen LogP contribution is 2.27. The van der Waals surface area contributed by atoms with Gasteiger partial charge in [0.05, 0.1) is 5.41 Å². The Morgan fingerprint density at radius 2 is 1.67 bits per heavy atom. The maximum Gasteiger partial charge on any atom is 0.319 e. The van der Waals surface area contributed by atoms with E-state index in [1.165, 1.54) is 0 Å². The monoisotopic (exact) mass is 369 g/mol. The Hall–Kier alpha value is -2.93. The quantitative estimate of drug-likeness (QED) is 0.573. The van der Waals surface area contributed by atoms with Crippen molar-refractivity contribution in [2.45, 2.75) is 33.2 Å². The summed E-state index contributed by atoms with van der Waals surface area (Å²) < 4.78 is 0. The zero-order valence-electron chi connectivity index (χ0n) is 15.8. The van der Waals surface area contributed by atoms with Crippen LogP contribution in [0.25, 0.3) is 0 Å². The second-order valence-corrected chi connectivity index (χ2v) is 6.39. The van der Waals surface area contributed by atoms with Crippen molar-refractivity contribution >= 4 is 23.3 Å². The van der Waals surface area contributed by atoms with Crippen LogP contribution in [0.3, 0.4) is 0 Å². The first-order chi connectivity index (χ1) is 13.0. The molecule has 0 atom stereocenters. The van der Waals surface area contributed by atoms with Crippen LogP contribution >= 0.6 is 0 Å². The second-order valence-electron chi connectivity index (χ2n) is 6.39. The van der Waals surface area contributed by atoms with Gasteiger partial charge in [0.25, 0.3) is 0 Å². The standard InChI is InChI=1S/C20H27N5O2/c1-3-20(4-2,14-21)18(26)24-16-6-5-7-17(12-16)25-19(27)23-13-15-8-10-22-11-9-15/h5-12H,3-4,13-14,21H2,1-2H3,(H,24,26)(H2,23,25,27). The lowest BCUT2D eigenvalue weighted by Gasteiger charge is -2.28. The van der Waals surface area contributed by atoms with Crippen LogP contribution in [0.1, 0.15) is 32.3 Å². The summed E-state index contributed by atoms with van der Waals surface area (Å²) in [7, 11) is 0. The van der Waals surface area contributed by atoms with Gasteiger partial charge in [0.2, 0.25) is 5.91 Å². The average molecular weight is 369 g/mol. The van der Waals surface area contributed by atoms with Crippen molar-refractivity contribution in [1.29, 1.82) is 0 Å². The summed E-state index contributed by atoms with van der Waals surface area (Å²) in [6, 6.07) is 10.4. The molecule has 7 heteroatoms. The molecule has 2 rings (SSSR count).